The summed E-state index contributed by atoms with van der Waals surface area (Å²) >= 11 is 14.8. The third-order valence-corrected chi connectivity index (χ3v) is 8.26. The van der Waals surface area contributed by atoms with Gasteiger partial charge in [0.25, 0.3) is 0 Å². The summed E-state index contributed by atoms with van der Waals surface area (Å²) in [6.07, 6.45) is 3.87. The summed E-state index contributed by atoms with van der Waals surface area (Å²) in [7, 11) is 0. The molecule has 0 saturated heterocycles. The molecule has 0 spiro atoms. The van der Waals surface area contributed by atoms with Crippen molar-refractivity contribution in [3.05, 3.63) is 0 Å². The van der Waals surface area contributed by atoms with Crippen LogP contribution in [0.1, 0.15) is 26.2 Å². The van der Waals surface area contributed by atoms with E-state index in [1.165, 1.54) is 19.3 Å². The van der Waals surface area contributed by atoms with E-state index in [0.29, 0.717) is 19.3 Å². The van der Waals surface area contributed by atoms with Gasteiger partial charge in [-0.15, -0.1) is 0 Å². The molecule has 0 aromatic rings. The molecule has 1 rings (SSSR count). The highest BCUT2D eigenvalue weighted by atomic mass is 79.9. The molecule has 0 aliphatic heterocycles. The standard InChI is InChI=1S/C9H14Br4/c1-5(10)9(13)6-2-3-7(11)8(12)4-6/h5-9H,2-4H2,1H3. The van der Waals surface area contributed by atoms with Crippen LogP contribution in [0.15, 0.2) is 0 Å². The van der Waals surface area contributed by atoms with Crippen LogP contribution in [-0.4, -0.2) is 19.3 Å². The predicted molar refractivity (Wildman–Crippen MR) is 73.9 cm³/mol. The number of halogens is 4. The van der Waals surface area contributed by atoms with E-state index in [9.17, 15) is 0 Å². The van der Waals surface area contributed by atoms with Crippen LogP contribution in [0.25, 0.3) is 0 Å². The summed E-state index contributed by atoms with van der Waals surface area (Å²) < 4.78 is 0. The number of rotatable bonds is 2. The van der Waals surface area contributed by atoms with Crippen molar-refractivity contribution < 1.29 is 0 Å². The lowest BCUT2D eigenvalue weighted by Crippen LogP contribution is -2.32. The molecule has 1 fully saturated rings. The van der Waals surface area contributed by atoms with E-state index in [0.717, 1.165) is 5.92 Å². The second-order valence-electron chi connectivity index (χ2n) is 3.73. The maximum absolute atomic E-state index is 3.77. The molecule has 4 heteroatoms. The van der Waals surface area contributed by atoms with Crippen LogP contribution in [0.3, 0.4) is 0 Å². The zero-order valence-corrected chi connectivity index (χ0v) is 13.9. The second kappa shape index (κ2) is 5.86. The summed E-state index contributed by atoms with van der Waals surface area (Å²) in [6, 6.07) is 0. The molecule has 5 atom stereocenters. The van der Waals surface area contributed by atoms with Crippen LogP contribution in [0.2, 0.25) is 0 Å². The van der Waals surface area contributed by atoms with Crippen LogP contribution in [0, 0.1) is 5.92 Å². The maximum Gasteiger partial charge on any atom is 0.0297 e. The summed E-state index contributed by atoms with van der Waals surface area (Å²) in [5.74, 6) is 0.799. The van der Waals surface area contributed by atoms with Gasteiger partial charge < -0.3 is 0 Å². The van der Waals surface area contributed by atoms with Gasteiger partial charge in [0.1, 0.15) is 0 Å². The Morgan fingerprint density at radius 2 is 1.69 bits per heavy atom. The highest BCUT2D eigenvalue weighted by Crippen LogP contribution is 2.39. The van der Waals surface area contributed by atoms with Crippen molar-refractivity contribution in [2.75, 3.05) is 0 Å². The van der Waals surface area contributed by atoms with E-state index >= 15 is 0 Å². The summed E-state index contributed by atoms with van der Waals surface area (Å²) in [6.45, 7) is 2.21. The van der Waals surface area contributed by atoms with Gasteiger partial charge >= 0.3 is 0 Å². The van der Waals surface area contributed by atoms with E-state index in [-0.39, 0.29) is 0 Å². The van der Waals surface area contributed by atoms with Crippen molar-refractivity contribution >= 4 is 63.7 Å². The van der Waals surface area contributed by atoms with Crippen LogP contribution < -0.4 is 0 Å². The first-order chi connectivity index (χ1) is 6.02. The van der Waals surface area contributed by atoms with Gasteiger partial charge in [-0.3, -0.25) is 0 Å². The molecule has 0 heterocycles. The zero-order valence-electron chi connectivity index (χ0n) is 7.52. The molecule has 0 nitrogen and oxygen atoms in total. The average molecular weight is 442 g/mol. The third-order valence-electron chi connectivity index (χ3n) is 2.62. The zero-order chi connectivity index (χ0) is 10.0. The summed E-state index contributed by atoms with van der Waals surface area (Å²) in [4.78, 5) is 2.46. The molecule has 1 aliphatic rings. The highest BCUT2D eigenvalue weighted by molar-refractivity contribution is 9.12. The van der Waals surface area contributed by atoms with Crippen LogP contribution in [0.4, 0.5) is 0 Å². The summed E-state index contributed by atoms with van der Waals surface area (Å²) in [5, 5.41) is 0. The van der Waals surface area contributed by atoms with Gasteiger partial charge in [0.15, 0.2) is 0 Å². The van der Waals surface area contributed by atoms with Crippen LogP contribution >= 0.6 is 63.7 Å². The largest absolute Gasteiger partial charge is 0.0881 e. The van der Waals surface area contributed by atoms with Gasteiger partial charge in [-0.2, -0.15) is 0 Å². The Bertz CT molecular complexity index is 160. The van der Waals surface area contributed by atoms with E-state index in [1.807, 2.05) is 0 Å². The van der Waals surface area contributed by atoms with E-state index < -0.39 is 0 Å². The molecule has 0 bridgehead atoms. The van der Waals surface area contributed by atoms with Crippen molar-refractivity contribution in [1.29, 1.82) is 0 Å². The predicted octanol–water partition coefficient (Wildman–Crippen LogP) is 4.86. The molecule has 0 amide bonds. The Labute approximate surface area is 114 Å². The van der Waals surface area contributed by atoms with Crippen molar-refractivity contribution in [3.8, 4) is 0 Å². The van der Waals surface area contributed by atoms with Crippen molar-refractivity contribution in [1.82, 2.24) is 0 Å². The molecular weight excluding hydrogens is 428 g/mol. The minimum absolute atomic E-state index is 0.559. The smallest absolute Gasteiger partial charge is 0.0297 e. The lowest BCUT2D eigenvalue weighted by atomic mass is 9.86. The monoisotopic (exact) mass is 438 g/mol. The minimum atomic E-state index is 0.559. The molecule has 5 unspecified atom stereocenters. The highest BCUT2D eigenvalue weighted by Gasteiger charge is 2.32. The number of alkyl halides is 4. The molecule has 1 aliphatic carbocycles. The number of hydrogen-bond donors (Lipinski definition) is 0. The molecule has 78 valence electrons. The molecular formula is C9H14Br4. The van der Waals surface area contributed by atoms with Gasteiger partial charge in [-0.25, -0.2) is 0 Å². The Kier molecular flexibility index (Phi) is 5.85. The lowest BCUT2D eigenvalue weighted by molar-refractivity contribution is 0.371. The quantitative estimate of drug-likeness (QED) is 0.537. The molecule has 0 aromatic heterocycles. The van der Waals surface area contributed by atoms with Crippen LogP contribution in [0.5, 0.6) is 0 Å². The van der Waals surface area contributed by atoms with E-state index in [1.54, 1.807) is 0 Å². The first-order valence-electron chi connectivity index (χ1n) is 4.58. The fourth-order valence-electron chi connectivity index (χ4n) is 1.77. The van der Waals surface area contributed by atoms with Gasteiger partial charge in [-0.05, 0) is 25.2 Å². The van der Waals surface area contributed by atoms with E-state index in [2.05, 4.69) is 70.6 Å². The second-order valence-corrected chi connectivity index (χ2v) is 8.58. The topological polar surface area (TPSA) is 0 Å². The normalized spacial score (nSPS) is 39.9. The first kappa shape index (κ1) is 13.0. The first-order valence-corrected chi connectivity index (χ1v) is 8.25. The maximum atomic E-state index is 3.77. The van der Waals surface area contributed by atoms with Crippen molar-refractivity contribution in [3.63, 3.8) is 0 Å². The van der Waals surface area contributed by atoms with Gasteiger partial charge in [0.2, 0.25) is 0 Å². The van der Waals surface area contributed by atoms with E-state index in [4.69, 9.17) is 0 Å². The minimum Gasteiger partial charge on any atom is -0.0881 e. The number of hydrogen-bond acceptors (Lipinski definition) is 0. The fourth-order valence-corrected chi connectivity index (χ4v) is 3.91. The van der Waals surface area contributed by atoms with Crippen molar-refractivity contribution in [2.45, 2.75) is 45.5 Å². The molecule has 13 heavy (non-hydrogen) atoms. The Morgan fingerprint density at radius 3 is 2.15 bits per heavy atom. The van der Waals surface area contributed by atoms with Crippen LogP contribution in [-0.2, 0) is 0 Å². The lowest BCUT2D eigenvalue weighted by Gasteiger charge is -2.33. The Morgan fingerprint density at radius 1 is 1.08 bits per heavy atom. The average Bonchev–Trinajstić information content (AvgIpc) is 2.08. The molecule has 1 saturated carbocycles. The van der Waals surface area contributed by atoms with Gasteiger partial charge in [0.05, 0.1) is 0 Å². The van der Waals surface area contributed by atoms with Crippen molar-refractivity contribution in [2.24, 2.45) is 5.92 Å². The molecule has 0 aromatic carbocycles. The SMILES string of the molecule is CC(Br)C(Br)C1CCC(Br)C(Br)C1. The van der Waals surface area contributed by atoms with Gasteiger partial charge in [0, 0.05) is 19.3 Å². The summed E-state index contributed by atoms with van der Waals surface area (Å²) in [5.41, 5.74) is 0. The van der Waals surface area contributed by atoms with Gasteiger partial charge in [-0.1, -0.05) is 70.6 Å². The molecule has 0 radical (unpaired) electrons. The Balaban J connectivity index is 2.45. The fraction of sp³-hybridized carbons (Fsp3) is 1.00. The molecule has 0 N–H and O–H groups in total. The Hall–Kier alpha value is 1.92. The third kappa shape index (κ3) is 3.76.